The SMILES string of the molecule is CC(C)Nc1nc(Nc2cccc(S(=O)(=O)NC(C)(C)C)c2)nc(-c2ccccc2)n1.[HH].[HH].[HH]. The Labute approximate surface area is 188 Å². The molecule has 1 aromatic heterocycles. The lowest BCUT2D eigenvalue weighted by Crippen LogP contribution is -2.40. The molecule has 31 heavy (non-hydrogen) atoms. The molecule has 3 aromatic rings. The number of rotatable bonds is 7. The molecule has 9 heteroatoms. The van der Waals surface area contributed by atoms with Crippen LogP contribution in [0.2, 0.25) is 0 Å². The van der Waals surface area contributed by atoms with Gasteiger partial charge in [0.25, 0.3) is 0 Å². The van der Waals surface area contributed by atoms with Crippen LogP contribution < -0.4 is 15.4 Å². The van der Waals surface area contributed by atoms with E-state index in [4.69, 9.17) is 0 Å². The largest absolute Gasteiger partial charge is 0.352 e. The molecule has 0 aliphatic rings. The Hall–Kier alpha value is -3.04. The first-order chi connectivity index (χ1) is 14.5. The van der Waals surface area contributed by atoms with Gasteiger partial charge in [-0.1, -0.05) is 36.4 Å². The van der Waals surface area contributed by atoms with E-state index in [-0.39, 0.29) is 15.2 Å². The molecule has 1 heterocycles. The van der Waals surface area contributed by atoms with Gasteiger partial charge >= 0.3 is 0 Å². The normalized spacial score (nSPS) is 12.1. The van der Waals surface area contributed by atoms with Crippen LogP contribution in [0, 0.1) is 0 Å². The molecular formula is C22H34N6O2S. The van der Waals surface area contributed by atoms with Crippen LogP contribution in [0.5, 0.6) is 0 Å². The molecule has 0 aliphatic carbocycles. The van der Waals surface area contributed by atoms with Gasteiger partial charge in [-0.3, -0.25) is 0 Å². The Morgan fingerprint density at radius 1 is 0.903 bits per heavy atom. The molecule has 0 unspecified atom stereocenters. The zero-order chi connectivity index (χ0) is 22.6. The molecule has 0 spiro atoms. The zero-order valence-corrected chi connectivity index (χ0v) is 19.2. The van der Waals surface area contributed by atoms with Crippen LogP contribution in [0.15, 0.2) is 59.5 Å². The maximum absolute atomic E-state index is 12.7. The van der Waals surface area contributed by atoms with E-state index >= 15 is 0 Å². The summed E-state index contributed by atoms with van der Waals surface area (Å²) in [4.78, 5) is 13.6. The fraction of sp³-hybridized carbons (Fsp3) is 0.318. The Kier molecular flexibility index (Phi) is 6.56. The summed E-state index contributed by atoms with van der Waals surface area (Å²) >= 11 is 0. The van der Waals surface area contributed by atoms with Crippen molar-refractivity contribution in [1.82, 2.24) is 19.7 Å². The Bertz CT molecular complexity index is 1160. The van der Waals surface area contributed by atoms with E-state index in [1.165, 1.54) is 0 Å². The van der Waals surface area contributed by atoms with E-state index in [9.17, 15) is 8.42 Å². The maximum Gasteiger partial charge on any atom is 0.241 e. The summed E-state index contributed by atoms with van der Waals surface area (Å²) in [5, 5.41) is 6.30. The van der Waals surface area contributed by atoms with E-state index in [1.807, 2.05) is 44.2 Å². The van der Waals surface area contributed by atoms with Crippen molar-refractivity contribution in [3.8, 4) is 11.4 Å². The molecule has 170 valence electrons. The minimum atomic E-state index is -3.66. The zero-order valence-electron chi connectivity index (χ0n) is 18.3. The molecule has 3 rings (SSSR count). The number of hydrogen-bond donors (Lipinski definition) is 3. The summed E-state index contributed by atoms with van der Waals surface area (Å²) in [6, 6.07) is 16.3. The first kappa shape index (κ1) is 22.6. The Morgan fingerprint density at radius 3 is 2.23 bits per heavy atom. The Balaban J connectivity index is 0.00000363. The number of hydrogen-bond acceptors (Lipinski definition) is 7. The van der Waals surface area contributed by atoms with E-state index in [0.717, 1.165) is 5.56 Å². The minimum Gasteiger partial charge on any atom is -0.352 e. The van der Waals surface area contributed by atoms with Gasteiger partial charge in [0.05, 0.1) is 4.90 Å². The van der Waals surface area contributed by atoms with Crippen LogP contribution in [0.3, 0.4) is 0 Å². The predicted octanol–water partition coefficient (Wildman–Crippen LogP) is 4.92. The van der Waals surface area contributed by atoms with Crippen molar-refractivity contribution in [2.24, 2.45) is 0 Å². The second-order valence-electron chi connectivity index (χ2n) is 8.48. The lowest BCUT2D eigenvalue weighted by molar-refractivity contribution is 0.491. The first-order valence-corrected chi connectivity index (χ1v) is 11.5. The topological polar surface area (TPSA) is 109 Å². The predicted molar refractivity (Wildman–Crippen MR) is 130 cm³/mol. The first-order valence-electron chi connectivity index (χ1n) is 10.0. The second-order valence-corrected chi connectivity index (χ2v) is 10.2. The average molecular weight is 447 g/mol. The molecule has 3 N–H and O–H groups in total. The molecule has 0 atom stereocenters. The molecule has 0 radical (unpaired) electrons. The summed E-state index contributed by atoms with van der Waals surface area (Å²) in [6.45, 7) is 9.38. The van der Waals surface area contributed by atoms with Gasteiger partial charge in [-0.2, -0.15) is 15.0 Å². The monoisotopic (exact) mass is 446 g/mol. The highest BCUT2D eigenvalue weighted by Crippen LogP contribution is 2.22. The third-order valence-electron chi connectivity index (χ3n) is 3.93. The van der Waals surface area contributed by atoms with Crippen LogP contribution in [-0.4, -0.2) is 35.0 Å². The summed E-state index contributed by atoms with van der Waals surface area (Å²) in [5.74, 6) is 1.26. The number of benzene rings is 2. The second kappa shape index (κ2) is 8.99. The van der Waals surface area contributed by atoms with Crippen molar-refractivity contribution >= 4 is 27.6 Å². The van der Waals surface area contributed by atoms with E-state index < -0.39 is 15.6 Å². The summed E-state index contributed by atoms with van der Waals surface area (Å²) in [7, 11) is -3.66. The van der Waals surface area contributed by atoms with Gasteiger partial charge in [0.1, 0.15) is 0 Å². The number of aromatic nitrogens is 3. The van der Waals surface area contributed by atoms with Crippen molar-refractivity contribution < 1.29 is 12.7 Å². The van der Waals surface area contributed by atoms with Crippen LogP contribution >= 0.6 is 0 Å². The molecule has 0 amide bonds. The van der Waals surface area contributed by atoms with Gasteiger partial charge in [-0.05, 0) is 52.8 Å². The van der Waals surface area contributed by atoms with Gasteiger partial charge in [0.15, 0.2) is 5.82 Å². The lowest BCUT2D eigenvalue weighted by atomic mass is 10.1. The van der Waals surface area contributed by atoms with Crippen molar-refractivity contribution in [1.29, 1.82) is 0 Å². The highest BCUT2D eigenvalue weighted by molar-refractivity contribution is 7.89. The van der Waals surface area contributed by atoms with Gasteiger partial charge in [0.2, 0.25) is 21.9 Å². The van der Waals surface area contributed by atoms with Gasteiger partial charge in [0, 0.05) is 27.1 Å². The smallest absolute Gasteiger partial charge is 0.241 e. The van der Waals surface area contributed by atoms with Crippen molar-refractivity contribution in [3.63, 3.8) is 0 Å². The summed E-state index contributed by atoms with van der Waals surface area (Å²) < 4.78 is 28.0. The molecule has 2 aromatic carbocycles. The molecule has 0 aliphatic heterocycles. The number of sulfonamides is 1. The number of nitrogens with one attached hydrogen (secondary N) is 3. The molecule has 8 nitrogen and oxygen atoms in total. The highest BCUT2D eigenvalue weighted by Gasteiger charge is 2.22. The van der Waals surface area contributed by atoms with Gasteiger partial charge < -0.3 is 10.6 Å². The number of nitrogens with zero attached hydrogens (tertiary/aromatic N) is 3. The number of anilines is 3. The van der Waals surface area contributed by atoms with Crippen LogP contribution in [0.25, 0.3) is 11.4 Å². The maximum atomic E-state index is 12.7. The average Bonchev–Trinajstić information content (AvgIpc) is 2.66. The quantitative estimate of drug-likeness (QED) is 0.473. The van der Waals surface area contributed by atoms with E-state index in [2.05, 4.69) is 30.3 Å². The van der Waals surface area contributed by atoms with Gasteiger partial charge in [-0.25, -0.2) is 13.1 Å². The van der Waals surface area contributed by atoms with E-state index in [1.54, 1.807) is 45.0 Å². The highest BCUT2D eigenvalue weighted by atomic mass is 32.2. The third-order valence-corrected chi connectivity index (χ3v) is 5.68. The molecule has 0 saturated carbocycles. The fourth-order valence-electron chi connectivity index (χ4n) is 2.80. The molecule has 0 bridgehead atoms. The van der Waals surface area contributed by atoms with Crippen molar-refractivity contribution in [2.75, 3.05) is 10.6 Å². The summed E-state index contributed by atoms with van der Waals surface area (Å²) in [5.41, 5.74) is 0.821. The summed E-state index contributed by atoms with van der Waals surface area (Å²) in [6.07, 6.45) is 0. The van der Waals surface area contributed by atoms with Gasteiger partial charge in [-0.15, -0.1) is 0 Å². The molecule has 0 fully saturated rings. The molecular weight excluding hydrogens is 412 g/mol. The van der Waals surface area contributed by atoms with Crippen LogP contribution in [-0.2, 0) is 10.0 Å². The third kappa shape index (κ3) is 6.47. The van der Waals surface area contributed by atoms with Crippen molar-refractivity contribution in [3.05, 3.63) is 54.6 Å². The minimum absolute atomic E-state index is 0. The van der Waals surface area contributed by atoms with E-state index in [0.29, 0.717) is 23.4 Å². The van der Waals surface area contributed by atoms with Crippen LogP contribution in [0.4, 0.5) is 17.6 Å². The fourth-order valence-corrected chi connectivity index (χ4v) is 4.27. The van der Waals surface area contributed by atoms with Crippen molar-refractivity contribution in [2.45, 2.75) is 51.1 Å². The Morgan fingerprint density at radius 2 is 1.58 bits per heavy atom. The lowest BCUT2D eigenvalue weighted by Gasteiger charge is -2.20. The standard InChI is InChI=1S/C22H28N6O2S.3H2/c1-15(2)23-20-25-19(16-10-7-6-8-11-16)26-21(27-20)24-17-12-9-13-18(14-17)31(29,30)28-22(3,4)5;;;/h6-15,28H,1-5H3,(H2,23,24,25,26,27);3*1H. The molecule has 0 saturated heterocycles. The van der Waals surface area contributed by atoms with Crippen LogP contribution in [0.1, 0.15) is 38.9 Å².